The molecule has 1 aromatic heterocycles. The highest BCUT2D eigenvalue weighted by molar-refractivity contribution is 6.32. The molecule has 2 N–H and O–H groups in total. The van der Waals surface area contributed by atoms with E-state index in [9.17, 15) is 9.59 Å². The Labute approximate surface area is 156 Å². The van der Waals surface area contributed by atoms with Gasteiger partial charge in [-0.15, -0.1) is 0 Å². The average Bonchev–Trinajstić information content (AvgIpc) is 2.63. The van der Waals surface area contributed by atoms with Crippen LogP contribution in [0.2, 0.25) is 5.02 Å². The molecule has 0 spiro atoms. The van der Waals surface area contributed by atoms with E-state index in [4.69, 9.17) is 25.9 Å². The van der Waals surface area contributed by atoms with Gasteiger partial charge in [0.15, 0.2) is 6.10 Å². The number of hydrogen-bond acceptors (Lipinski definition) is 5. The molecule has 1 aliphatic carbocycles. The summed E-state index contributed by atoms with van der Waals surface area (Å²) in [4.78, 5) is 24.2. The fourth-order valence-electron chi connectivity index (χ4n) is 3.21. The van der Waals surface area contributed by atoms with E-state index in [0.717, 1.165) is 42.2 Å². The summed E-state index contributed by atoms with van der Waals surface area (Å²) in [5.74, 6) is -0.00982. The quantitative estimate of drug-likeness (QED) is 0.595. The second kappa shape index (κ2) is 8.10. The van der Waals surface area contributed by atoms with Crippen LogP contribution in [0.25, 0.3) is 11.0 Å². The van der Waals surface area contributed by atoms with Gasteiger partial charge in [0.25, 0.3) is 5.91 Å². The fraction of sp³-hybridized carbons (Fsp3) is 0.474. The summed E-state index contributed by atoms with van der Waals surface area (Å²) in [7, 11) is 0. The summed E-state index contributed by atoms with van der Waals surface area (Å²) in [5, 5.41) is 12.6. The van der Waals surface area contributed by atoms with E-state index in [2.05, 4.69) is 5.32 Å². The topological polar surface area (TPSA) is 88.8 Å². The lowest BCUT2D eigenvalue weighted by Crippen LogP contribution is -2.37. The van der Waals surface area contributed by atoms with Crippen LogP contribution in [-0.4, -0.2) is 30.3 Å². The molecule has 7 heteroatoms. The van der Waals surface area contributed by atoms with E-state index in [1.54, 1.807) is 19.1 Å². The maximum absolute atomic E-state index is 12.2. The van der Waals surface area contributed by atoms with Gasteiger partial charge in [-0.25, -0.2) is 4.79 Å². The summed E-state index contributed by atoms with van der Waals surface area (Å²) >= 11 is 6.35. The van der Waals surface area contributed by atoms with Crippen LogP contribution in [-0.2, 0) is 17.6 Å². The monoisotopic (exact) mass is 379 g/mol. The Morgan fingerprint density at radius 2 is 2.08 bits per heavy atom. The molecular weight excluding hydrogens is 358 g/mol. The number of ether oxygens (including phenoxy) is 1. The van der Waals surface area contributed by atoms with Gasteiger partial charge in [0.05, 0.1) is 5.02 Å². The first kappa shape index (κ1) is 18.7. The molecule has 1 amide bonds. The molecule has 26 heavy (non-hydrogen) atoms. The van der Waals surface area contributed by atoms with Crippen LogP contribution >= 0.6 is 11.6 Å². The van der Waals surface area contributed by atoms with Crippen LogP contribution < -0.4 is 15.7 Å². The van der Waals surface area contributed by atoms with Gasteiger partial charge in [0.2, 0.25) is 0 Å². The number of rotatable bonds is 6. The molecule has 6 nitrogen and oxygen atoms in total. The van der Waals surface area contributed by atoms with Crippen molar-refractivity contribution in [3.63, 3.8) is 0 Å². The van der Waals surface area contributed by atoms with Gasteiger partial charge < -0.3 is 19.6 Å². The number of aryl methyl sites for hydroxylation is 1. The van der Waals surface area contributed by atoms with Crippen LogP contribution in [0, 0.1) is 0 Å². The number of amides is 1. The van der Waals surface area contributed by atoms with E-state index >= 15 is 0 Å². The van der Waals surface area contributed by atoms with E-state index in [1.807, 2.05) is 0 Å². The zero-order valence-electron chi connectivity index (χ0n) is 14.6. The molecule has 0 fully saturated rings. The zero-order valence-corrected chi connectivity index (χ0v) is 15.4. The van der Waals surface area contributed by atoms with Crippen molar-refractivity contribution >= 4 is 28.5 Å². The SMILES string of the molecule is C[C@@H](Oc1cc2oc(=O)c3c(c2cc1Cl)CCCC3)C(=O)NCCCO. The maximum Gasteiger partial charge on any atom is 0.339 e. The normalized spacial score (nSPS) is 14.7. The number of aliphatic hydroxyl groups is 1. The van der Waals surface area contributed by atoms with Crippen LogP contribution in [0.5, 0.6) is 5.75 Å². The Balaban J connectivity index is 1.87. The Hall–Kier alpha value is -2.05. The molecule has 1 aliphatic rings. The van der Waals surface area contributed by atoms with Gasteiger partial charge in [-0.3, -0.25) is 4.79 Å². The number of hydrogen-bond donors (Lipinski definition) is 2. The zero-order chi connectivity index (χ0) is 18.7. The average molecular weight is 380 g/mol. The van der Waals surface area contributed by atoms with Gasteiger partial charge in [-0.05, 0) is 50.7 Å². The molecule has 3 rings (SSSR count). The molecular formula is C19H22ClNO5. The van der Waals surface area contributed by atoms with Crippen molar-refractivity contribution in [3.05, 3.63) is 38.7 Å². The first-order valence-corrected chi connectivity index (χ1v) is 9.22. The minimum absolute atomic E-state index is 0.00930. The Morgan fingerprint density at radius 3 is 2.81 bits per heavy atom. The molecule has 0 saturated heterocycles. The van der Waals surface area contributed by atoms with Crippen molar-refractivity contribution in [3.8, 4) is 5.75 Å². The van der Waals surface area contributed by atoms with Crippen LogP contribution in [0.4, 0.5) is 0 Å². The summed E-state index contributed by atoms with van der Waals surface area (Å²) in [6.07, 6.45) is 3.29. The smallest absolute Gasteiger partial charge is 0.339 e. The summed E-state index contributed by atoms with van der Waals surface area (Å²) in [6.45, 7) is 1.99. The molecule has 0 aliphatic heterocycles. The van der Waals surface area contributed by atoms with Crippen molar-refractivity contribution < 1.29 is 19.1 Å². The highest BCUT2D eigenvalue weighted by atomic mass is 35.5. The van der Waals surface area contributed by atoms with E-state index in [0.29, 0.717) is 29.3 Å². The lowest BCUT2D eigenvalue weighted by molar-refractivity contribution is -0.127. The molecule has 1 heterocycles. The second-order valence-electron chi connectivity index (χ2n) is 6.46. The first-order chi connectivity index (χ1) is 12.5. The maximum atomic E-state index is 12.2. The predicted octanol–water partition coefficient (Wildman–Crippen LogP) is 2.59. The van der Waals surface area contributed by atoms with Gasteiger partial charge in [-0.1, -0.05) is 11.6 Å². The molecule has 140 valence electrons. The lowest BCUT2D eigenvalue weighted by atomic mass is 9.90. The molecule has 0 bridgehead atoms. The molecule has 1 aromatic carbocycles. The number of fused-ring (bicyclic) bond motifs is 3. The molecule has 0 unspecified atom stereocenters. The standard InChI is InChI=1S/C19H22ClNO5/c1-11(18(23)21-7-4-8-22)25-17-10-16-14(9-15(17)20)12-5-2-3-6-13(12)19(24)26-16/h9-11,22H,2-8H2,1H3,(H,21,23)/t11-/m1/s1. The highest BCUT2D eigenvalue weighted by Gasteiger charge is 2.21. The number of carbonyl (C=O) groups is 1. The van der Waals surface area contributed by atoms with E-state index < -0.39 is 6.10 Å². The third kappa shape index (κ3) is 3.86. The lowest BCUT2D eigenvalue weighted by Gasteiger charge is -2.18. The van der Waals surface area contributed by atoms with Gasteiger partial charge >= 0.3 is 5.63 Å². The molecule has 0 radical (unpaired) electrons. The van der Waals surface area contributed by atoms with Gasteiger partial charge in [-0.2, -0.15) is 0 Å². The van der Waals surface area contributed by atoms with Crippen molar-refractivity contribution in [2.24, 2.45) is 0 Å². The van der Waals surface area contributed by atoms with E-state index in [1.165, 1.54) is 0 Å². The van der Waals surface area contributed by atoms with Crippen molar-refractivity contribution in [1.29, 1.82) is 0 Å². The third-order valence-corrected chi connectivity index (χ3v) is 4.88. The second-order valence-corrected chi connectivity index (χ2v) is 6.87. The molecule has 0 saturated carbocycles. The van der Waals surface area contributed by atoms with Crippen LogP contribution in [0.3, 0.4) is 0 Å². The number of halogens is 1. The van der Waals surface area contributed by atoms with Crippen molar-refractivity contribution in [2.75, 3.05) is 13.2 Å². The molecule has 1 atom stereocenters. The largest absolute Gasteiger partial charge is 0.479 e. The molecule has 2 aromatic rings. The Bertz CT molecular complexity index is 876. The van der Waals surface area contributed by atoms with E-state index in [-0.39, 0.29) is 18.1 Å². The summed E-state index contributed by atoms with van der Waals surface area (Å²) in [5.41, 5.74) is 1.86. The fourth-order valence-corrected chi connectivity index (χ4v) is 3.42. The summed E-state index contributed by atoms with van der Waals surface area (Å²) < 4.78 is 11.1. The number of aliphatic hydroxyl groups excluding tert-OH is 1. The summed E-state index contributed by atoms with van der Waals surface area (Å²) in [6, 6.07) is 3.32. The van der Waals surface area contributed by atoms with Crippen molar-refractivity contribution in [2.45, 2.75) is 45.1 Å². The number of carbonyl (C=O) groups excluding carboxylic acids is 1. The van der Waals surface area contributed by atoms with Crippen molar-refractivity contribution in [1.82, 2.24) is 5.32 Å². The van der Waals surface area contributed by atoms with Gasteiger partial charge in [0, 0.05) is 30.2 Å². The number of benzene rings is 1. The highest BCUT2D eigenvalue weighted by Crippen LogP contribution is 2.34. The third-order valence-electron chi connectivity index (χ3n) is 4.58. The van der Waals surface area contributed by atoms with Gasteiger partial charge in [0.1, 0.15) is 11.3 Å². The predicted molar refractivity (Wildman–Crippen MR) is 98.9 cm³/mol. The van der Waals surface area contributed by atoms with Crippen LogP contribution in [0.15, 0.2) is 21.3 Å². The minimum atomic E-state index is -0.770. The Kier molecular flexibility index (Phi) is 5.84. The first-order valence-electron chi connectivity index (χ1n) is 8.84. The number of nitrogens with one attached hydrogen (secondary N) is 1. The minimum Gasteiger partial charge on any atom is -0.479 e. The Morgan fingerprint density at radius 1 is 1.35 bits per heavy atom. The van der Waals surface area contributed by atoms with Crippen LogP contribution in [0.1, 0.15) is 37.3 Å².